The normalized spacial score (nSPS) is 9.81. The van der Waals surface area contributed by atoms with Gasteiger partial charge in [-0.15, -0.1) is 11.3 Å². The van der Waals surface area contributed by atoms with Gasteiger partial charge in [-0.1, -0.05) is 12.1 Å². The molecule has 0 fully saturated rings. The Morgan fingerprint density at radius 2 is 1.94 bits per heavy atom. The van der Waals surface area contributed by atoms with E-state index in [4.69, 9.17) is 10.00 Å². The second-order valence-corrected chi connectivity index (χ2v) is 4.50. The highest BCUT2D eigenvalue weighted by molar-refractivity contribution is 7.10. The summed E-state index contributed by atoms with van der Waals surface area (Å²) in [4.78, 5) is 1.06. The number of nitriles is 1. The highest BCUT2D eigenvalue weighted by Gasteiger charge is 2.09. The topological polar surface area (TPSA) is 33.0 Å². The van der Waals surface area contributed by atoms with Crippen molar-refractivity contribution in [1.29, 1.82) is 5.26 Å². The molecule has 0 aliphatic carbocycles. The summed E-state index contributed by atoms with van der Waals surface area (Å²) in [5.41, 5.74) is 2.84. The molecule has 0 aliphatic heterocycles. The highest BCUT2D eigenvalue weighted by Crippen LogP contribution is 2.31. The molecule has 0 radical (unpaired) electrons. The quantitative estimate of drug-likeness (QED) is 0.788. The lowest BCUT2D eigenvalue weighted by molar-refractivity contribution is 0.415. The molecule has 3 heteroatoms. The number of aryl methyl sites for hydroxylation is 1. The van der Waals surface area contributed by atoms with E-state index in [1.807, 2.05) is 36.6 Å². The molecule has 1 heterocycles. The molecule has 0 N–H and O–H groups in total. The first-order valence-corrected chi connectivity index (χ1v) is 5.77. The number of hydrogen-bond acceptors (Lipinski definition) is 3. The van der Waals surface area contributed by atoms with Gasteiger partial charge in [0.1, 0.15) is 11.8 Å². The van der Waals surface area contributed by atoms with Crippen LogP contribution in [0.25, 0.3) is 11.1 Å². The maximum Gasteiger partial charge on any atom is 0.118 e. The van der Waals surface area contributed by atoms with Crippen molar-refractivity contribution >= 4 is 11.3 Å². The van der Waals surface area contributed by atoms with Crippen LogP contribution in [-0.2, 0) is 0 Å². The fourth-order valence-electron chi connectivity index (χ4n) is 1.58. The van der Waals surface area contributed by atoms with Gasteiger partial charge in [0.15, 0.2) is 0 Å². The molecule has 2 nitrogen and oxygen atoms in total. The Balaban J connectivity index is 2.47. The maximum atomic E-state index is 9.08. The summed E-state index contributed by atoms with van der Waals surface area (Å²) < 4.78 is 5.10. The molecule has 1 aromatic heterocycles. The van der Waals surface area contributed by atoms with Crippen LogP contribution in [0.2, 0.25) is 0 Å². The molecule has 0 saturated heterocycles. The number of rotatable bonds is 2. The summed E-state index contributed by atoms with van der Waals surface area (Å²) in [5.74, 6) is 0.828. The zero-order chi connectivity index (χ0) is 11.5. The van der Waals surface area contributed by atoms with Crippen LogP contribution in [0.5, 0.6) is 5.75 Å². The summed E-state index contributed by atoms with van der Waals surface area (Å²) in [6, 6.07) is 10.0. The first-order chi connectivity index (χ1) is 7.76. The summed E-state index contributed by atoms with van der Waals surface area (Å²) in [6.45, 7) is 1.97. The zero-order valence-electron chi connectivity index (χ0n) is 9.15. The van der Waals surface area contributed by atoms with Gasteiger partial charge in [0.25, 0.3) is 0 Å². The molecule has 0 atom stereocenters. The molecule has 0 aliphatic rings. The number of benzene rings is 1. The molecule has 0 spiro atoms. The summed E-state index contributed by atoms with van der Waals surface area (Å²) in [7, 11) is 1.64. The predicted molar refractivity (Wildman–Crippen MR) is 65.8 cm³/mol. The highest BCUT2D eigenvalue weighted by atomic mass is 32.1. The SMILES string of the molecule is COc1ccc(-c2csc(C)c2C#N)cc1. The van der Waals surface area contributed by atoms with E-state index in [1.54, 1.807) is 18.4 Å². The van der Waals surface area contributed by atoms with Crippen molar-refractivity contribution in [2.24, 2.45) is 0 Å². The van der Waals surface area contributed by atoms with Crippen LogP contribution >= 0.6 is 11.3 Å². The second-order valence-electron chi connectivity index (χ2n) is 3.42. The molecule has 2 aromatic rings. The van der Waals surface area contributed by atoms with E-state index in [0.29, 0.717) is 0 Å². The molecule has 0 bridgehead atoms. The van der Waals surface area contributed by atoms with E-state index in [1.165, 1.54) is 0 Å². The maximum absolute atomic E-state index is 9.08. The summed E-state index contributed by atoms with van der Waals surface area (Å²) in [5, 5.41) is 11.1. The summed E-state index contributed by atoms with van der Waals surface area (Å²) in [6.07, 6.45) is 0. The van der Waals surface area contributed by atoms with Crippen molar-refractivity contribution in [3.63, 3.8) is 0 Å². The standard InChI is InChI=1S/C13H11NOS/c1-9-12(7-14)13(8-16-9)10-3-5-11(15-2)6-4-10/h3-6,8H,1-2H3. The Kier molecular flexibility index (Phi) is 2.93. The number of hydrogen-bond donors (Lipinski definition) is 0. The van der Waals surface area contributed by atoms with Gasteiger partial charge >= 0.3 is 0 Å². The Hall–Kier alpha value is -1.79. The number of methoxy groups -OCH3 is 1. The number of nitrogens with zero attached hydrogens (tertiary/aromatic N) is 1. The molecule has 0 amide bonds. The average Bonchev–Trinajstić information content (AvgIpc) is 2.70. The Morgan fingerprint density at radius 3 is 2.50 bits per heavy atom. The molecule has 2 rings (SSSR count). The van der Waals surface area contributed by atoms with E-state index < -0.39 is 0 Å². The lowest BCUT2D eigenvalue weighted by Crippen LogP contribution is -1.83. The van der Waals surface area contributed by atoms with Gasteiger partial charge in [-0.25, -0.2) is 0 Å². The van der Waals surface area contributed by atoms with Crippen LogP contribution in [0, 0.1) is 18.3 Å². The second kappa shape index (κ2) is 4.38. The van der Waals surface area contributed by atoms with Crippen molar-refractivity contribution in [1.82, 2.24) is 0 Å². The molecule has 80 valence electrons. The molecular weight excluding hydrogens is 218 g/mol. The molecule has 1 aromatic carbocycles. The molecular formula is C13H11NOS. The molecule has 0 saturated carbocycles. The van der Waals surface area contributed by atoms with Crippen molar-refractivity contribution in [3.05, 3.63) is 40.1 Å². The minimum absolute atomic E-state index is 0.773. The van der Waals surface area contributed by atoms with Crippen LogP contribution in [-0.4, -0.2) is 7.11 Å². The average molecular weight is 229 g/mol. The van der Waals surface area contributed by atoms with Gasteiger partial charge in [-0.2, -0.15) is 5.26 Å². The van der Waals surface area contributed by atoms with Gasteiger partial charge < -0.3 is 4.74 Å². The molecule has 0 unspecified atom stereocenters. The number of ether oxygens (including phenoxy) is 1. The van der Waals surface area contributed by atoms with Crippen LogP contribution in [0.1, 0.15) is 10.4 Å². The minimum atomic E-state index is 0.773. The zero-order valence-corrected chi connectivity index (χ0v) is 9.97. The lowest BCUT2D eigenvalue weighted by atomic mass is 10.0. The number of thiophene rings is 1. The smallest absolute Gasteiger partial charge is 0.118 e. The van der Waals surface area contributed by atoms with Crippen LogP contribution in [0.3, 0.4) is 0 Å². The van der Waals surface area contributed by atoms with E-state index in [-0.39, 0.29) is 0 Å². The minimum Gasteiger partial charge on any atom is -0.497 e. The third-order valence-corrected chi connectivity index (χ3v) is 3.40. The van der Waals surface area contributed by atoms with E-state index >= 15 is 0 Å². The van der Waals surface area contributed by atoms with Crippen LogP contribution < -0.4 is 4.74 Å². The monoisotopic (exact) mass is 229 g/mol. The lowest BCUT2D eigenvalue weighted by Gasteiger charge is -2.02. The van der Waals surface area contributed by atoms with E-state index in [2.05, 4.69) is 6.07 Å². The fraction of sp³-hybridized carbons (Fsp3) is 0.154. The Bertz CT molecular complexity index is 534. The van der Waals surface area contributed by atoms with Crippen molar-refractivity contribution in [2.75, 3.05) is 7.11 Å². The fourth-order valence-corrected chi connectivity index (χ4v) is 2.40. The Labute approximate surface area is 98.7 Å². The first kappa shape index (κ1) is 10.7. The largest absolute Gasteiger partial charge is 0.497 e. The Morgan fingerprint density at radius 1 is 1.25 bits per heavy atom. The van der Waals surface area contributed by atoms with E-state index in [0.717, 1.165) is 27.3 Å². The van der Waals surface area contributed by atoms with Crippen LogP contribution in [0.15, 0.2) is 29.6 Å². The van der Waals surface area contributed by atoms with Crippen LogP contribution in [0.4, 0.5) is 0 Å². The molecule has 16 heavy (non-hydrogen) atoms. The van der Waals surface area contributed by atoms with Crippen molar-refractivity contribution in [2.45, 2.75) is 6.92 Å². The van der Waals surface area contributed by atoms with Gasteiger partial charge in [0.05, 0.1) is 12.7 Å². The van der Waals surface area contributed by atoms with E-state index in [9.17, 15) is 0 Å². The third kappa shape index (κ3) is 1.80. The van der Waals surface area contributed by atoms with Gasteiger partial charge in [0, 0.05) is 15.8 Å². The third-order valence-electron chi connectivity index (χ3n) is 2.49. The predicted octanol–water partition coefficient (Wildman–Crippen LogP) is 3.60. The first-order valence-electron chi connectivity index (χ1n) is 4.89. The summed E-state index contributed by atoms with van der Waals surface area (Å²) >= 11 is 1.61. The van der Waals surface area contributed by atoms with Crippen molar-refractivity contribution < 1.29 is 4.74 Å². The van der Waals surface area contributed by atoms with Gasteiger partial charge in [0.2, 0.25) is 0 Å². The van der Waals surface area contributed by atoms with Crippen molar-refractivity contribution in [3.8, 4) is 22.9 Å². The van der Waals surface area contributed by atoms with Gasteiger partial charge in [-0.05, 0) is 24.6 Å². The van der Waals surface area contributed by atoms with Gasteiger partial charge in [-0.3, -0.25) is 0 Å².